The summed E-state index contributed by atoms with van der Waals surface area (Å²) in [6, 6.07) is 3.47. The van der Waals surface area contributed by atoms with Crippen LogP contribution in [0.1, 0.15) is 13.3 Å². The van der Waals surface area contributed by atoms with Crippen molar-refractivity contribution in [2.45, 2.75) is 24.3 Å². The second-order valence-electron chi connectivity index (χ2n) is 4.23. The molecule has 0 aromatic heterocycles. The van der Waals surface area contributed by atoms with E-state index in [4.69, 9.17) is 5.73 Å². The number of sulfonamides is 1. The van der Waals surface area contributed by atoms with Crippen molar-refractivity contribution in [2.24, 2.45) is 0 Å². The Balaban J connectivity index is 3.15. The van der Waals surface area contributed by atoms with E-state index < -0.39 is 15.8 Å². The van der Waals surface area contributed by atoms with Gasteiger partial charge in [-0.3, -0.25) is 0 Å². The molecule has 0 aliphatic heterocycles. The lowest BCUT2D eigenvalue weighted by Gasteiger charge is -2.26. The number of benzene rings is 1. The molecule has 0 fully saturated rings. The Hall–Kier alpha value is -0.790. The Morgan fingerprint density at radius 1 is 1.47 bits per heavy atom. The lowest BCUT2D eigenvalue weighted by Crippen LogP contribution is -2.38. The van der Waals surface area contributed by atoms with Crippen molar-refractivity contribution in [3.63, 3.8) is 0 Å². The van der Waals surface area contributed by atoms with Crippen LogP contribution in [0.25, 0.3) is 0 Å². The molecule has 1 aromatic carbocycles. The normalized spacial score (nSPS) is 13.7. The lowest BCUT2D eigenvalue weighted by molar-refractivity contribution is 0.383. The number of rotatable bonds is 6. The number of hydrogen-bond donors (Lipinski definition) is 1. The number of thioether (sulfide) groups is 1. The third-order valence-electron chi connectivity index (χ3n) is 2.96. The van der Waals surface area contributed by atoms with Crippen molar-refractivity contribution in [3.8, 4) is 0 Å². The van der Waals surface area contributed by atoms with Gasteiger partial charge in [0.05, 0.1) is 0 Å². The molecule has 7 heteroatoms. The van der Waals surface area contributed by atoms with Gasteiger partial charge in [-0.15, -0.1) is 0 Å². The van der Waals surface area contributed by atoms with E-state index in [1.807, 2.05) is 13.2 Å². The Morgan fingerprint density at radius 2 is 2.11 bits per heavy atom. The fraction of sp³-hybridized carbons (Fsp3) is 0.500. The molecule has 1 rings (SSSR count). The molecule has 0 saturated carbocycles. The van der Waals surface area contributed by atoms with Crippen LogP contribution in [-0.4, -0.2) is 37.8 Å². The highest BCUT2D eigenvalue weighted by Crippen LogP contribution is 2.23. The van der Waals surface area contributed by atoms with Crippen LogP contribution in [0.3, 0.4) is 0 Å². The van der Waals surface area contributed by atoms with Crippen LogP contribution in [-0.2, 0) is 10.0 Å². The van der Waals surface area contributed by atoms with Gasteiger partial charge in [-0.05, 0) is 30.9 Å². The molecule has 108 valence electrons. The van der Waals surface area contributed by atoms with Gasteiger partial charge in [0, 0.05) is 24.5 Å². The maximum Gasteiger partial charge on any atom is 0.246 e. The van der Waals surface area contributed by atoms with Gasteiger partial charge in [0.25, 0.3) is 0 Å². The van der Waals surface area contributed by atoms with E-state index in [2.05, 4.69) is 0 Å². The van der Waals surface area contributed by atoms with Crippen molar-refractivity contribution in [2.75, 3.05) is 24.8 Å². The highest BCUT2D eigenvalue weighted by atomic mass is 32.2. The predicted octanol–water partition coefficient (Wildman–Crippen LogP) is 2.17. The van der Waals surface area contributed by atoms with Crippen LogP contribution in [0.2, 0.25) is 0 Å². The van der Waals surface area contributed by atoms with Crippen LogP contribution < -0.4 is 5.73 Å². The Kier molecular flexibility index (Phi) is 5.64. The molecule has 0 bridgehead atoms. The summed E-state index contributed by atoms with van der Waals surface area (Å²) in [7, 11) is -2.35. The fourth-order valence-electron chi connectivity index (χ4n) is 1.75. The van der Waals surface area contributed by atoms with E-state index in [0.29, 0.717) is 12.2 Å². The summed E-state index contributed by atoms with van der Waals surface area (Å²) in [5, 5.41) is 0. The van der Waals surface area contributed by atoms with Gasteiger partial charge >= 0.3 is 0 Å². The molecule has 0 heterocycles. The summed E-state index contributed by atoms with van der Waals surface area (Å²) >= 11 is 1.56. The quantitative estimate of drug-likeness (QED) is 0.818. The molecule has 1 atom stereocenters. The monoisotopic (exact) mass is 306 g/mol. The number of nitrogens with zero attached hydrogens (tertiary/aromatic N) is 1. The first-order valence-electron chi connectivity index (χ1n) is 5.86. The third kappa shape index (κ3) is 3.61. The van der Waals surface area contributed by atoms with Crippen molar-refractivity contribution >= 4 is 27.5 Å². The van der Waals surface area contributed by atoms with Crippen LogP contribution >= 0.6 is 11.8 Å². The minimum Gasteiger partial charge on any atom is -0.399 e. The summed E-state index contributed by atoms with van der Waals surface area (Å²) in [6.45, 7) is 1.91. The first-order chi connectivity index (χ1) is 8.84. The Labute approximate surface area is 118 Å². The summed E-state index contributed by atoms with van der Waals surface area (Å²) < 4.78 is 39.8. The van der Waals surface area contributed by atoms with Crippen LogP contribution in [0.15, 0.2) is 23.1 Å². The highest BCUT2D eigenvalue weighted by molar-refractivity contribution is 7.98. The van der Waals surface area contributed by atoms with E-state index in [1.165, 1.54) is 23.5 Å². The molecule has 0 aliphatic rings. The summed E-state index contributed by atoms with van der Waals surface area (Å²) in [5.74, 6) is -0.145. The number of nitrogen functional groups attached to an aromatic ring is 1. The first-order valence-corrected chi connectivity index (χ1v) is 8.70. The lowest BCUT2D eigenvalue weighted by atomic mass is 10.3. The van der Waals surface area contributed by atoms with E-state index in [1.54, 1.807) is 11.8 Å². The smallest absolute Gasteiger partial charge is 0.246 e. The molecule has 0 saturated heterocycles. The molecule has 0 aliphatic carbocycles. The van der Waals surface area contributed by atoms with Gasteiger partial charge < -0.3 is 5.73 Å². The second kappa shape index (κ2) is 6.58. The highest BCUT2D eigenvalue weighted by Gasteiger charge is 2.29. The summed E-state index contributed by atoms with van der Waals surface area (Å²) in [6.07, 6.45) is 2.58. The molecular weight excluding hydrogens is 287 g/mol. The molecule has 0 spiro atoms. The largest absolute Gasteiger partial charge is 0.399 e. The van der Waals surface area contributed by atoms with E-state index in [0.717, 1.165) is 6.07 Å². The van der Waals surface area contributed by atoms with Gasteiger partial charge in [0.1, 0.15) is 10.7 Å². The van der Waals surface area contributed by atoms with Crippen molar-refractivity contribution in [1.82, 2.24) is 4.31 Å². The van der Waals surface area contributed by atoms with Gasteiger partial charge in [0.15, 0.2) is 0 Å². The zero-order valence-electron chi connectivity index (χ0n) is 11.3. The van der Waals surface area contributed by atoms with Crippen LogP contribution in [0.4, 0.5) is 10.1 Å². The van der Waals surface area contributed by atoms with Gasteiger partial charge in [0.2, 0.25) is 10.0 Å². The molecule has 1 unspecified atom stereocenters. The van der Waals surface area contributed by atoms with Gasteiger partial charge in [-0.1, -0.05) is 6.92 Å². The van der Waals surface area contributed by atoms with Crippen molar-refractivity contribution < 1.29 is 12.8 Å². The zero-order chi connectivity index (χ0) is 14.6. The molecule has 19 heavy (non-hydrogen) atoms. The minimum atomic E-state index is -3.83. The van der Waals surface area contributed by atoms with E-state index in [-0.39, 0.29) is 16.6 Å². The Morgan fingerprint density at radius 3 is 2.58 bits per heavy atom. The first kappa shape index (κ1) is 16.3. The maximum atomic E-state index is 13.8. The standard InChI is InChI=1S/C12H19FN2O2S2/c1-4-10(8-18-3)15(2)19(16,17)12-6-5-9(14)7-11(12)13/h5-7,10H,4,8,14H2,1-3H3. The van der Waals surface area contributed by atoms with Gasteiger partial charge in [-0.2, -0.15) is 16.1 Å². The number of nitrogens with two attached hydrogens (primary N) is 1. The molecule has 0 radical (unpaired) electrons. The molecule has 0 amide bonds. The number of hydrogen-bond acceptors (Lipinski definition) is 4. The topological polar surface area (TPSA) is 63.4 Å². The average molecular weight is 306 g/mol. The molecule has 4 nitrogen and oxygen atoms in total. The average Bonchev–Trinajstić information content (AvgIpc) is 2.34. The van der Waals surface area contributed by atoms with Crippen LogP contribution in [0.5, 0.6) is 0 Å². The summed E-state index contributed by atoms with van der Waals surface area (Å²) in [4.78, 5) is -0.330. The van der Waals surface area contributed by atoms with Crippen LogP contribution in [0, 0.1) is 5.82 Å². The predicted molar refractivity (Wildman–Crippen MR) is 78.2 cm³/mol. The van der Waals surface area contributed by atoms with E-state index >= 15 is 0 Å². The SMILES string of the molecule is CCC(CSC)N(C)S(=O)(=O)c1ccc(N)cc1F. The molecule has 2 N–H and O–H groups in total. The number of anilines is 1. The van der Waals surface area contributed by atoms with Gasteiger partial charge in [-0.25, -0.2) is 12.8 Å². The minimum absolute atomic E-state index is 0.156. The fourth-order valence-corrected chi connectivity index (χ4v) is 4.16. The zero-order valence-corrected chi connectivity index (χ0v) is 12.9. The Bertz CT molecular complexity index is 535. The molecule has 1 aromatic rings. The number of halogens is 1. The molecular formula is C12H19FN2O2S2. The van der Waals surface area contributed by atoms with E-state index in [9.17, 15) is 12.8 Å². The second-order valence-corrected chi connectivity index (χ2v) is 7.11. The summed E-state index contributed by atoms with van der Waals surface area (Å²) in [5.41, 5.74) is 5.63. The van der Waals surface area contributed by atoms with Crippen molar-refractivity contribution in [1.29, 1.82) is 0 Å². The maximum absolute atomic E-state index is 13.8. The third-order valence-corrected chi connectivity index (χ3v) is 5.62. The van der Waals surface area contributed by atoms with Crippen molar-refractivity contribution in [3.05, 3.63) is 24.0 Å².